The summed E-state index contributed by atoms with van der Waals surface area (Å²) in [6.07, 6.45) is 2.23. The van der Waals surface area contributed by atoms with Gasteiger partial charge in [0.1, 0.15) is 16.9 Å². The van der Waals surface area contributed by atoms with E-state index in [1.54, 1.807) is 0 Å². The molecule has 0 radical (unpaired) electrons. The molecule has 3 rings (SSSR count). The Morgan fingerprint density at radius 3 is 2.52 bits per heavy atom. The van der Waals surface area contributed by atoms with Crippen molar-refractivity contribution in [2.24, 2.45) is 0 Å². The quantitative estimate of drug-likeness (QED) is 0.931. The summed E-state index contributed by atoms with van der Waals surface area (Å²) < 4.78 is 1.99. The Labute approximate surface area is 124 Å². The van der Waals surface area contributed by atoms with Crippen LogP contribution in [0.25, 0.3) is 11.0 Å². The maximum Gasteiger partial charge on any atom is 0.158 e. The lowest BCUT2D eigenvalue weighted by molar-refractivity contribution is 0.145. The second kappa shape index (κ2) is 5.60. The Hall–Kier alpha value is -1.69. The van der Waals surface area contributed by atoms with Crippen LogP contribution in [-0.2, 0) is 13.0 Å². The van der Waals surface area contributed by atoms with E-state index in [0.717, 1.165) is 67.3 Å². The first kappa shape index (κ1) is 14.3. The van der Waals surface area contributed by atoms with E-state index in [-0.39, 0.29) is 6.10 Å². The molecule has 1 N–H and O–H groups in total. The van der Waals surface area contributed by atoms with Crippen LogP contribution in [0.1, 0.15) is 38.2 Å². The van der Waals surface area contributed by atoms with Crippen molar-refractivity contribution in [3.05, 3.63) is 11.5 Å². The SMILES string of the molecule is CCc1nc(N2CCC(O)CC2)c2c(n1)c(C)nn2CC. The van der Waals surface area contributed by atoms with Gasteiger partial charge >= 0.3 is 0 Å². The molecule has 6 heteroatoms. The molecule has 0 aromatic carbocycles. The molecule has 3 heterocycles. The summed E-state index contributed by atoms with van der Waals surface area (Å²) in [4.78, 5) is 11.7. The van der Waals surface area contributed by atoms with Gasteiger partial charge in [0.15, 0.2) is 5.82 Å². The van der Waals surface area contributed by atoms with Crippen LogP contribution >= 0.6 is 0 Å². The predicted octanol–water partition coefficient (Wildman–Crippen LogP) is 1.68. The van der Waals surface area contributed by atoms with Gasteiger partial charge in [0.2, 0.25) is 0 Å². The van der Waals surface area contributed by atoms with E-state index in [0.29, 0.717) is 0 Å². The zero-order chi connectivity index (χ0) is 15.0. The van der Waals surface area contributed by atoms with Crippen LogP contribution in [0.5, 0.6) is 0 Å². The Bertz CT molecular complexity index is 643. The molecule has 6 nitrogen and oxygen atoms in total. The number of hydrogen-bond acceptors (Lipinski definition) is 5. The molecule has 1 aliphatic heterocycles. The minimum absolute atomic E-state index is 0.179. The minimum atomic E-state index is -0.179. The smallest absolute Gasteiger partial charge is 0.158 e. The van der Waals surface area contributed by atoms with Crippen molar-refractivity contribution in [2.75, 3.05) is 18.0 Å². The van der Waals surface area contributed by atoms with Gasteiger partial charge in [-0.2, -0.15) is 5.10 Å². The first-order chi connectivity index (χ1) is 10.1. The zero-order valence-corrected chi connectivity index (χ0v) is 13.0. The summed E-state index contributed by atoms with van der Waals surface area (Å²) in [5, 5.41) is 14.3. The maximum absolute atomic E-state index is 9.72. The molecule has 2 aromatic rings. The fraction of sp³-hybridized carbons (Fsp3) is 0.667. The molecule has 0 bridgehead atoms. The molecular formula is C15H23N5O. The van der Waals surface area contributed by atoms with E-state index in [9.17, 15) is 5.11 Å². The lowest BCUT2D eigenvalue weighted by atomic mass is 10.1. The highest BCUT2D eigenvalue weighted by Crippen LogP contribution is 2.28. The molecule has 0 unspecified atom stereocenters. The number of aliphatic hydroxyl groups excluding tert-OH is 1. The van der Waals surface area contributed by atoms with Crippen LogP contribution < -0.4 is 4.90 Å². The van der Waals surface area contributed by atoms with Gasteiger partial charge in [0.25, 0.3) is 0 Å². The van der Waals surface area contributed by atoms with Crippen LogP contribution in [0.15, 0.2) is 0 Å². The number of aliphatic hydroxyl groups is 1. The molecule has 1 aliphatic rings. The summed E-state index contributed by atoms with van der Waals surface area (Å²) in [7, 11) is 0. The summed E-state index contributed by atoms with van der Waals surface area (Å²) in [6, 6.07) is 0. The van der Waals surface area contributed by atoms with Gasteiger partial charge in [-0.25, -0.2) is 9.97 Å². The van der Waals surface area contributed by atoms with Crippen molar-refractivity contribution in [3.63, 3.8) is 0 Å². The number of aromatic nitrogens is 4. The molecule has 0 atom stereocenters. The Balaban J connectivity index is 2.14. The van der Waals surface area contributed by atoms with Gasteiger partial charge in [0.05, 0.1) is 11.8 Å². The molecule has 0 saturated carbocycles. The van der Waals surface area contributed by atoms with Crippen LogP contribution in [0.2, 0.25) is 0 Å². The van der Waals surface area contributed by atoms with Crippen LogP contribution in [0.4, 0.5) is 5.82 Å². The number of rotatable bonds is 3. The first-order valence-corrected chi connectivity index (χ1v) is 7.81. The Kier molecular flexibility index (Phi) is 3.80. The van der Waals surface area contributed by atoms with Crippen molar-refractivity contribution in [2.45, 2.75) is 52.7 Å². The fourth-order valence-electron chi connectivity index (χ4n) is 2.94. The molecule has 0 spiro atoms. The minimum Gasteiger partial charge on any atom is -0.393 e. The highest BCUT2D eigenvalue weighted by Gasteiger charge is 2.23. The largest absolute Gasteiger partial charge is 0.393 e. The number of fused-ring (bicyclic) bond motifs is 1. The van der Waals surface area contributed by atoms with E-state index < -0.39 is 0 Å². The molecule has 1 saturated heterocycles. The molecule has 2 aromatic heterocycles. The maximum atomic E-state index is 9.72. The third-order valence-corrected chi connectivity index (χ3v) is 4.16. The Morgan fingerprint density at radius 1 is 1.19 bits per heavy atom. The molecule has 0 aliphatic carbocycles. The van der Waals surface area contributed by atoms with Gasteiger partial charge in [-0.15, -0.1) is 0 Å². The second-order valence-corrected chi connectivity index (χ2v) is 5.63. The lowest BCUT2D eigenvalue weighted by Crippen LogP contribution is -2.36. The third-order valence-electron chi connectivity index (χ3n) is 4.16. The molecular weight excluding hydrogens is 266 g/mol. The van der Waals surface area contributed by atoms with E-state index in [2.05, 4.69) is 28.8 Å². The van der Waals surface area contributed by atoms with E-state index >= 15 is 0 Å². The average Bonchev–Trinajstić information content (AvgIpc) is 2.84. The molecule has 0 amide bonds. The van der Waals surface area contributed by atoms with Crippen molar-refractivity contribution in [1.29, 1.82) is 0 Å². The van der Waals surface area contributed by atoms with Gasteiger partial charge in [-0.05, 0) is 26.7 Å². The predicted molar refractivity (Wildman–Crippen MR) is 82.6 cm³/mol. The number of piperidine rings is 1. The number of hydrogen-bond donors (Lipinski definition) is 1. The monoisotopic (exact) mass is 289 g/mol. The fourth-order valence-corrected chi connectivity index (χ4v) is 2.94. The lowest BCUT2D eigenvalue weighted by Gasteiger charge is -2.31. The second-order valence-electron chi connectivity index (χ2n) is 5.63. The van der Waals surface area contributed by atoms with E-state index in [1.165, 1.54) is 0 Å². The summed E-state index contributed by atoms with van der Waals surface area (Å²) in [5.41, 5.74) is 2.95. The van der Waals surface area contributed by atoms with Crippen molar-refractivity contribution >= 4 is 16.9 Å². The van der Waals surface area contributed by atoms with Crippen molar-refractivity contribution in [3.8, 4) is 0 Å². The van der Waals surface area contributed by atoms with Gasteiger partial charge < -0.3 is 10.0 Å². The molecule has 21 heavy (non-hydrogen) atoms. The van der Waals surface area contributed by atoms with Gasteiger partial charge in [-0.3, -0.25) is 4.68 Å². The summed E-state index contributed by atoms with van der Waals surface area (Å²) in [5.74, 6) is 1.84. The zero-order valence-electron chi connectivity index (χ0n) is 13.0. The van der Waals surface area contributed by atoms with E-state index in [4.69, 9.17) is 4.98 Å². The first-order valence-electron chi connectivity index (χ1n) is 7.81. The van der Waals surface area contributed by atoms with Gasteiger partial charge in [-0.1, -0.05) is 6.92 Å². The number of anilines is 1. The highest BCUT2D eigenvalue weighted by molar-refractivity contribution is 5.88. The van der Waals surface area contributed by atoms with Crippen LogP contribution in [-0.4, -0.2) is 44.0 Å². The number of nitrogens with zero attached hydrogens (tertiary/aromatic N) is 5. The highest BCUT2D eigenvalue weighted by atomic mass is 16.3. The third kappa shape index (κ3) is 2.48. The topological polar surface area (TPSA) is 67.1 Å². The standard InChI is InChI=1S/C15H23N5O/c1-4-12-16-13-10(3)18-20(5-2)14(13)15(17-12)19-8-6-11(21)7-9-19/h11,21H,4-9H2,1-3H3. The Morgan fingerprint density at radius 2 is 1.90 bits per heavy atom. The number of aryl methyl sites for hydroxylation is 3. The molecule has 1 fully saturated rings. The molecule has 114 valence electrons. The van der Waals surface area contributed by atoms with Crippen molar-refractivity contribution in [1.82, 2.24) is 19.7 Å². The van der Waals surface area contributed by atoms with Crippen molar-refractivity contribution < 1.29 is 5.11 Å². The van der Waals surface area contributed by atoms with Crippen LogP contribution in [0, 0.1) is 6.92 Å². The average molecular weight is 289 g/mol. The van der Waals surface area contributed by atoms with E-state index in [1.807, 2.05) is 11.6 Å². The normalized spacial score (nSPS) is 16.9. The summed E-state index contributed by atoms with van der Waals surface area (Å²) >= 11 is 0. The summed E-state index contributed by atoms with van der Waals surface area (Å²) in [6.45, 7) is 8.65. The van der Waals surface area contributed by atoms with Gasteiger partial charge in [0, 0.05) is 26.1 Å². The van der Waals surface area contributed by atoms with Crippen LogP contribution in [0.3, 0.4) is 0 Å².